The van der Waals surface area contributed by atoms with Gasteiger partial charge in [-0.15, -0.1) is 0 Å². The highest BCUT2D eigenvalue weighted by atomic mass is 35.5. The molecule has 1 amide bonds. The van der Waals surface area contributed by atoms with Crippen LogP contribution in [0.15, 0.2) is 18.2 Å². The van der Waals surface area contributed by atoms with E-state index in [-0.39, 0.29) is 17.3 Å². The third kappa shape index (κ3) is 2.83. The molecule has 0 aliphatic rings. The molecule has 0 atom stereocenters. The molecule has 0 bridgehead atoms. The summed E-state index contributed by atoms with van der Waals surface area (Å²) in [4.78, 5) is 20.8. The fraction of sp³-hybridized carbons (Fsp3) is 0.222. The van der Waals surface area contributed by atoms with E-state index in [1.165, 1.54) is 19.2 Å². The second-order valence-electron chi connectivity index (χ2n) is 2.83. The van der Waals surface area contributed by atoms with Crippen molar-refractivity contribution in [3.8, 4) is 0 Å². The highest BCUT2D eigenvalue weighted by Crippen LogP contribution is 2.28. The first-order valence-electron chi connectivity index (χ1n) is 4.32. The second kappa shape index (κ2) is 5.32. The maximum atomic E-state index is 10.8. The fourth-order valence-electron chi connectivity index (χ4n) is 1.03. The van der Waals surface area contributed by atoms with Crippen LogP contribution in [0.5, 0.6) is 0 Å². The van der Waals surface area contributed by atoms with Crippen LogP contribution in [0, 0.1) is 10.1 Å². The fourth-order valence-corrected chi connectivity index (χ4v) is 1.28. The minimum absolute atomic E-state index is 0.0172. The molecule has 1 aromatic carbocycles. The van der Waals surface area contributed by atoms with Crippen molar-refractivity contribution < 1.29 is 14.5 Å². The van der Waals surface area contributed by atoms with E-state index in [9.17, 15) is 14.9 Å². The number of benzene rings is 1. The van der Waals surface area contributed by atoms with Crippen LogP contribution in [0.2, 0.25) is 5.02 Å². The number of carbonyl (C=O) groups excluding carboxylic acids is 1. The summed E-state index contributed by atoms with van der Waals surface area (Å²) in [6.07, 6.45) is -0.623. The Bertz CT molecular complexity index is 422. The van der Waals surface area contributed by atoms with Crippen LogP contribution in [-0.2, 0) is 11.3 Å². The molecule has 0 fully saturated rings. The molecule has 0 radical (unpaired) electrons. The first kappa shape index (κ1) is 12.3. The zero-order valence-corrected chi connectivity index (χ0v) is 9.15. The van der Waals surface area contributed by atoms with E-state index in [0.29, 0.717) is 5.56 Å². The van der Waals surface area contributed by atoms with Gasteiger partial charge in [-0.1, -0.05) is 23.7 Å². The molecule has 1 aromatic rings. The largest absolute Gasteiger partial charge is 0.445 e. The Hall–Kier alpha value is -1.82. The highest BCUT2D eigenvalue weighted by molar-refractivity contribution is 6.33. The number of hydrogen-bond donors (Lipinski definition) is 1. The van der Waals surface area contributed by atoms with Crippen LogP contribution in [0.25, 0.3) is 0 Å². The number of alkyl carbamates (subject to hydrolysis) is 1. The Kier molecular flexibility index (Phi) is 4.07. The van der Waals surface area contributed by atoms with Crippen molar-refractivity contribution in [1.82, 2.24) is 5.32 Å². The first-order valence-corrected chi connectivity index (χ1v) is 4.70. The van der Waals surface area contributed by atoms with Crippen molar-refractivity contribution in [3.63, 3.8) is 0 Å². The van der Waals surface area contributed by atoms with Crippen molar-refractivity contribution in [3.05, 3.63) is 38.9 Å². The summed E-state index contributed by atoms with van der Waals surface area (Å²) in [6.45, 7) is -0.111. The number of rotatable bonds is 3. The third-order valence-electron chi connectivity index (χ3n) is 1.82. The van der Waals surface area contributed by atoms with E-state index >= 15 is 0 Å². The quantitative estimate of drug-likeness (QED) is 0.652. The highest BCUT2D eigenvalue weighted by Gasteiger charge is 2.15. The smallest absolute Gasteiger partial charge is 0.407 e. The molecule has 16 heavy (non-hydrogen) atoms. The molecule has 7 heteroatoms. The van der Waals surface area contributed by atoms with Gasteiger partial charge in [0.15, 0.2) is 0 Å². The van der Waals surface area contributed by atoms with Crippen LogP contribution in [0.4, 0.5) is 10.5 Å². The molecule has 0 saturated heterocycles. The first-order chi connectivity index (χ1) is 7.56. The van der Waals surface area contributed by atoms with Gasteiger partial charge in [-0.2, -0.15) is 0 Å². The number of nitro benzene ring substituents is 1. The summed E-state index contributed by atoms with van der Waals surface area (Å²) in [5.74, 6) is 0. The lowest BCUT2D eigenvalue weighted by atomic mass is 10.2. The third-order valence-corrected chi connectivity index (χ3v) is 2.25. The van der Waals surface area contributed by atoms with E-state index in [2.05, 4.69) is 5.32 Å². The molecule has 0 aliphatic heterocycles. The van der Waals surface area contributed by atoms with Gasteiger partial charge in [0, 0.05) is 18.7 Å². The zero-order valence-electron chi connectivity index (χ0n) is 8.40. The molecule has 1 rings (SSSR count). The van der Waals surface area contributed by atoms with Gasteiger partial charge in [-0.3, -0.25) is 10.1 Å². The van der Waals surface area contributed by atoms with E-state index in [0.717, 1.165) is 0 Å². The van der Waals surface area contributed by atoms with Crippen LogP contribution >= 0.6 is 11.6 Å². The van der Waals surface area contributed by atoms with Crippen molar-refractivity contribution >= 4 is 23.4 Å². The molecular weight excluding hydrogens is 236 g/mol. The number of halogens is 1. The molecule has 0 unspecified atom stereocenters. The van der Waals surface area contributed by atoms with Crippen LogP contribution in [-0.4, -0.2) is 18.1 Å². The summed E-state index contributed by atoms with van der Waals surface area (Å²) in [5.41, 5.74) is 0.180. The maximum Gasteiger partial charge on any atom is 0.407 e. The lowest BCUT2D eigenvalue weighted by Gasteiger charge is -2.05. The van der Waals surface area contributed by atoms with Gasteiger partial charge in [0.2, 0.25) is 0 Å². The summed E-state index contributed by atoms with van der Waals surface area (Å²) in [5, 5.41) is 12.8. The van der Waals surface area contributed by atoms with Crippen molar-refractivity contribution in [2.75, 3.05) is 7.05 Å². The van der Waals surface area contributed by atoms with E-state index in [1.54, 1.807) is 6.07 Å². The van der Waals surface area contributed by atoms with E-state index in [4.69, 9.17) is 16.3 Å². The molecule has 0 spiro atoms. The van der Waals surface area contributed by atoms with Gasteiger partial charge in [-0.25, -0.2) is 4.79 Å². The van der Waals surface area contributed by atoms with Gasteiger partial charge < -0.3 is 10.1 Å². The zero-order chi connectivity index (χ0) is 12.1. The average Bonchev–Trinajstić information content (AvgIpc) is 2.26. The van der Waals surface area contributed by atoms with E-state index < -0.39 is 11.0 Å². The van der Waals surface area contributed by atoms with Crippen LogP contribution < -0.4 is 5.32 Å². The van der Waals surface area contributed by atoms with Gasteiger partial charge >= 0.3 is 6.09 Å². The maximum absolute atomic E-state index is 10.8. The molecule has 0 saturated carbocycles. The minimum Gasteiger partial charge on any atom is -0.445 e. The van der Waals surface area contributed by atoms with Gasteiger partial charge in [0.1, 0.15) is 11.6 Å². The van der Waals surface area contributed by atoms with Crippen molar-refractivity contribution in [2.45, 2.75) is 6.61 Å². The second-order valence-corrected chi connectivity index (χ2v) is 3.21. The molecule has 0 heterocycles. The number of ether oxygens (including phenoxy) is 1. The molecule has 1 N–H and O–H groups in total. The normalized spacial score (nSPS) is 9.62. The van der Waals surface area contributed by atoms with Crippen molar-refractivity contribution in [2.24, 2.45) is 0 Å². The topological polar surface area (TPSA) is 81.5 Å². The lowest BCUT2D eigenvalue weighted by molar-refractivity contribution is -0.384. The van der Waals surface area contributed by atoms with Crippen LogP contribution in [0.1, 0.15) is 5.56 Å². The Morgan fingerprint density at radius 3 is 2.88 bits per heavy atom. The Morgan fingerprint density at radius 1 is 1.62 bits per heavy atom. The minimum atomic E-state index is -0.623. The van der Waals surface area contributed by atoms with Gasteiger partial charge in [-0.05, 0) is 0 Å². The number of carbonyl (C=O) groups is 1. The lowest BCUT2D eigenvalue weighted by Crippen LogP contribution is -2.18. The monoisotopic (exact) mass is 244 g/mol. The SMILES string of the molecule is CNC(=O)OCc1cccc([N+](=O)[O-])c1Cl. The van der Waals surface area contributed by atoms with Crippen molar-refractivity contribution in [1.29, 1.82) is 0 Å². The molecule has 6 nitrogen and oxygen atoms in total. The molecule has 0 aliphatic carbocycles. The van der Waals surface area contributed by atoms with E-state index in [1.807, 2.05) is 0 Å². The summed E-state index contributed by atoms with van der Waals surface area (Å²) < 4.78 is 4.74. The Morgan fingerprint density at radius 2 is 2.31 bits per heavy atom. The molecule has 86 valence electrons. The summed E-state index contributed by atoms with van der Waals surface area (Å²) >= 11 is 5.78. The number of nitrogens with one attached hydrogen (secondary N) is 1. The van der Waals surface area contributed by atoms with Crippen LogP contribution in [0.3, 0.4) is 0 Å². The molecule has 0 aromatic heterocycles. The number of nitro groups is 1. The summed E-state index contributed by atoms with van der Waals surface area (Å²) in [7, 11) is 1.41. The van der Waals surface area contributed by atoms with Gasteiger partial charge in [0.25, 0.3) is 5.69 Å². The predicted molar refractivity (Wildman–Crippen MR) is 57.4 cm³/mol. The Balaban J connectivity index is 2.85. The number of amides is 1. The Labute approximate surface area is 96.3 Å². The number of nitrogens with zero attached hydrogens (tertiary/aromatic N) is 1. The predicted octanol–water partition coefficient (Wildman–Crippen LogP) is 2.10. The number of hydrogen-bond acceptors (Lipinski definition) is 4. The average molecular weight is 245 g/mol. The van der Waals surface area contributed by atoms with Gasteiger partial charge in [0.05, 0.1) is 4.92 Å². The standard InChI is InChI=1S/C9H9ClN2O4/c1-11-9(13)16-5-6-3-2-4-7(8(6)10)12(14)15/h2-4H,5H2,1H3,(H,11,13). The summed E-state index contributed by atoms with van der Waals surface area (Å²) in [6, 6.07) is 4.32. The molecular formula is C9H9ClN2O4.